The monoisotopic (exact) mass is 435 g/mol. The van der Waals surface area contributed by atoms with Crippen molar-refractivity contribution in [2.45, 2.75) is 37.0 Å². The fraction of sp³-hybridized carbons (Fsp3) is 0.250. The van der Waals surface area contributed by atoms with Crippen LogP contribution in [0.4, 0.5) is 11.4 Å². The van der Waals surface area contributed by atoms with Crippen LogP contribution in [0.25, 0.3) is 0 Å². The molecule has 0 spiro atoms. The molecule has 0 saturated heterocycles. The highest BCUT2D eigenvalue weighted by molar-refractivity contribution is 7.92. The number of carbonyl (C=O) groups is 1. The van der Waals surface area contributed by atoms with E-state index in [0.717, 1.165) is 48.8 Å². The topological polar surface area (TPSA) is 88.2 Å². The van der Waals surface area contributed by atoms with Gasteiger partial charge >= 0.3 is 0 Å². The number of aldehydes is 1. The predicted octanol–water partition coefficient (Wildman–Crippen LogP) is 4.23. The molecule has 1 aliphatic carbocycles. The van der Waals surface area contributed by atoms with Crippen molar-refractivity contribution in [3.05, 3.63) is 83.2 Å². The molecule has 0 amide bonds. The van der Waals surface area contributed by atoms with Crippen LogP contribution in [-0.2, 0) is 29.3 Å². The molecule has 1 aliphatic rings. The van der Waals surface area contributed by atoms with E-state index >= 15 is 0 Å². The number of benzene rings is 2. The van der Waals surface area contributed by atoms with Crippen molar-refractivity contribution in [2.24, 2.45) is 0 Å². The first-order chi connectivity index (χ1) is 15.1. The van der Waals surface area contributed by atoms with Crippen molar-refractivity contribution in [3.8, 4) is 0 Å². The Morgan fingerprint density at radius 2 is 1.74 bits per heavy atom. The summed E-state index contributed by atoms with van der Waals surface area (Å²) in [6.45, 7) is 0.544. The number of anilines is 2. The van der Waals surface area contributed by atoms with Crippen molar-refractivity contribution in [2.75, 3.05) is 16.6 Å². The maximum absolute atomic E-state index is 13.2. The molecule has 4 rings (SSSR count). The van der Waals surface area contributed by atoms with E-state index in [9.17, 15) is 13.2 Å². The Bertz CT molecular complexity index is 1180. The summed E-state index contributed by atoms with van der Waals surface area (Å²) < 4.78 is 29.1. The molecule has 0 bridgehead atoms. The van der Waals surface area contributed by atoms with Gasteiger partial charge in [0.25, 0.3) is 10.0 Å². The van der Waals surface area contributed by atoms with Gasteiger partial charge in [0.2, 0.25) is 0 Å². The number of fused-ring (bicyclic) bond motifs is 1. The Balaban J connectivity index is 1.56. The number of hydrogen-bond donors (Lipinski definition) is 2. The fourth-order valence-corrected chi connectivity index (χ4v) is 5.26. The first-order valence-corrected chi connectivity index (χ1v) is 11.9. The minimum absolute atomic E-state index is 0.144. The zero-order chi connectivity index (χ0) is 21.7. The van der Waals surface area contributed by atoms with E-state index < -0.39 is 10.0 Å². The lowest BCUT2D eigenvalue weighted by Gasteiger charge is -2.20. The van der Waals surface area contributed by atoms with Gasteiger partial charge in [-0.05, 0) is 67.1 Å². The zero-order valence-corrected chi connectivity index (χ0v) is 18.0. The molecule has 0 atom stereocenters. The Kier molecular flexibility index (Phi) is 6.32. The molecular weight excluding hydrogens is 410 g/mol. The molecule has 160 valence electrons. The number of aromatic nitrogens is 1. The maximum atomic E-state index is 13.2. The molecule has 0 aliphatic heterocycles. The quantitative estimate of drug-likeness (QED) is 0.517. The third-order valence-electron chi connectivity index (χ3n) is 5.54. The molecule has 1 aromatic heterocycles. The van der Waals surface area contributed by atoms with Gasteiger partial charge in [0.1, 0.15) is 4.90 Å². The summed E-state index contributed by atoms with van der Waals surface area (Å²) in [4.78, 5) is 16.2. The van der Waals surface area contributed by atoms with Crippen molar-refractivity contribution in [1.82, 2.24) is 4.98 Å². The molecule has 3 aromatic rings. The van der Waals surface area contributed by atoms with E-state index in [0.29, 0.717) is 29.9 Å². The van der Waals surface area contributed by atoms with Crippen LogP contribution in [0.1, 0.15) is 40.0 Å². The van der Waals surface area contributed by atoms with Crippen LogP contribution in [-0.4, -0.2) is 26.2 Å². The molecule has 2 N–H and O–H groups in total. The van der Waals surface area contributed by atoms with Crippen LogP contribution in [0.2, 0.25) is 0 Å². The number of carbonyl (C=O) groups excluding carboxylic acids is 1. The Morgan fingerprint density at radius 3 is 2.55 bits per heavy atom. The number of pyridine rings is 1. The van der Waals surface area contributed by atoms with E-state index in [4.69, 9.17) is 0 Å². The van der Waals surface area contributed by atoms with Gasteiger partial charge in [-0.1, -0.05) is 24.3 Å². The van der Waals surface area contributed by atoms with Gasteiger partial charge in [-0.2, -0.15) is 0 Å². The van der Waals surface area contributed by atoms with E-state index in [2.05, 4.69) is 15.0 Å². The number of nitrogens with zero attached hydrogens (tertiary/aromatic N) is 1. The summed E-state index contributed by atoms with van der Waals surface area (Å²) in [5, 5.41) is 3.20. The molecule has 7 heteroatoms. The van der Waals surface area contributed by atoms with Crippen LogP contribution in [0.15, 0.2) is 65.7 Å². The number of aryl methyl sites for hydroxylation is 1. The minimum atomic E-state index is -3.89. The average molecular weight is 436 g/mol. The number of para-hydroxylation sites is 1. The molecule has 0 unspecified atom stereocenters. The third-order valence-corrected chi connectivity index (χ3v) is 6.96. The van der Waals surface area contributed by atoms with Gasteiger partial charge in [0, 0.05) is 30.4 Å². The van der Waals surface area contributed by atoms with Crippen molar-refractivity contribution >= 4 is 27.7 Å². The summed E-state index contributed by atoms with van der Waals surface area (Å²) in [5.74, 6) is 0. The van der Waals surface area contributed by atoms with Crippen molar-refractivity contribution in [1.29, 1.82) is 0 Å². The largest absolute Gasteiger partial charge is 0.384 e. The molecular formula is C24H25N3O3S. The highest BCUT2D eigenvalue weighted by Crippen LogP contribution is 2.31. The third kappa shape index (κ3) is 4.77. The highest BCUT2D eigenvalue weighted by atomic mass is 32.2. The number of rotatable bonds is 8. The number of sulfonamides is 1. The van der Waals surface area contributed by atoms with Crippen LogP contribution in [0.5, 0.6) is 0 Å². The zero-order valence-electron chi connectivity index (χ0n) is 17.2. The molecule has 0 fully saturated rings. The van der Waals surface area contributed by atoms with E-state index in [1.807, 2.05) is 24.3 Å². The number of nitrogens with one attached hydrogen (secondary N) is 2. The Hall–Kier alpha value is -3.19. The molecule has 0 radical (unpaired) electrons. The fourth-order valence-electron chi connectivity index (χ4n) is 4.00. The van der Waals surface area contributed by atoms with Crippen molar-refractivity contribution < 1.29 is 13.2 Å². The van der Waals surface area contributed by atoms with Gasteiger partial charge in [-0.3, -0.25) is 14.5 Å². The molecule has 6 nitrogen and oxygen atoms in total. The van der Waals surface area contributed by atoms with Gasteiger partial charge in [-0.25, -0.2) is 8.42 Å². The van der Waals surface area contributed by atoms with Gasteiger partial charge in [-0.15, -0.1) is 0 Å². The lowest BCUT2D eigenvalue weighted by atomic mass is 9.88. The van der Waals surface area contributed by atoms with Gasteiger partial charge in [0.05, 0.1) is 11.4 Å². The second-order valence-electron chi connectivity index (χ2n) is 7.59. The summed E-state index contributed by atoms with van der Waals surface area (Å²) in [5.41, 5.74) is 4.31. The summed E-state index contributed by atoms with van der Waals surface area (Å²) in [6.07, 6.45) is 6.99. The second kappa shape index (κ2) is 9.31. The first kappa shape index (κ1) is 21.1. The minimum Gasteiger partial charge on any atom is -0.384 e. The Labute approximate surface area is 182 Å². The van der Waals surface area contributed by atoms with Gasteiger partial charge < -0.3 is 5.32 Å². The van der Waals surface area contributed by atoms with Gasteiger partial charge in [0.15, 0.2) is 6.29 Å². The molecule has 0 saturated carbocycles. The lowest BCUT2D eigenvalue weighted by Crippen LogP contribution is -2.18. The Morgan fingerprint density at radius 1 is 0.935 bits per heavy atom. The molecule has 1 heterocycles. The summed E-state index contributed by atoms with van der Waals surface area (Å²) >= 11 is 0. The first-order valence-electron chi connectivity index (χ1n) is 10.4. The highest BCUT2D eigenvalue weighted by Gasteiger charge is 2.22. The van der Waals surface area contributed by atoms with Crippen LogP contribution in [0, 0.1) is 0 Å². The summed E-state index contributed by atoms with van der Waals surface area (Å²) in [6, 6.07) is 16.1. The standard InChI is InChI=1S/C24H25N3O3S/c28-17-21-20-9-2-1-7-18(20)12-13-22(21)27-31(29,30)24-11-4-3-10-23(24)26-16-14-19-8-5-6-15-25-19/h3-6,8,10-13,15,17,26-27H,1-2,7,9,14,16H2. The van der Waals surface area contributed by atoms with Crippen molar-refractivity contribution in [3.63, 3.8) is 0 Å². The summed E-state index contributed by atoms with van der Waals surface area (Å²) in [7, 11) is -3.89. The second-order valence-corrected chi connectivity index (χ2v) is 9.24. The van der Waals surface area contributed by atoms with E-state index in [1.54, 1.807) is 36.5 Å². The van der Waals surface area contributed by atoms with E-state index in [-0.39, 0.29) is 4.90 Å². The average Bonchev–Trinajstić information content (AvgIpc) is 2.80. The molecule has 2 aromatic carbocycles. The number of hydrogen-bond acceptors (Lipinski definition) is 5. The van der Waals surface area contributed by atoms with Crippen LogP contribution >= 0.6 is 0 Å². The van der Waals surface area contributed by atoms with Crippen LogP contribution in [0.3, 0.4) is 0 Å². The lowest BCUT2D eigenvalue weighted by molar-refractivity contribution is 0.112. The van der Waals surface area contributed by atoms with Crippen LogP contribution < -0.4 is 10.0 Å². The maximum Gasteiger partial charge on any atom is 0.263 e. The van der Waals surface area contributed by atoms with E-state index in [1.165, 1.54) is 0 Å². The predicted molar refractivity (Wildman–Crippen MR) is 122 cm³/mol. The molecule has 31 heavy (non-hydrogen) atoms. The SMILES string of the molecule is O=Cc1c(NS(=O)(=O)c2ccccc2NCCc2ccccn2)ccc2c1CCCC2. The smallest absolute Gasteiger partial charge is 0.263 e. The normalized spacial score (nSPS) is 13.3.